The summed E-state index contributed by atoms with van der Waals surface area (Å²) in [7, 11) is 0. The molecule has 0 radical (unpaired) electrons. The van der Waals surface area contributed by atoms with E-state index in [4.69, 9.17) is 11.1 Å². The standard InChI is InChI=1S/C8H9N5/c9-8(10)12-13-5-11-6-3-1-2-4-7(6)13/h1-5H,(H4,9,10,12). The van der Waals surface area contributed by atoms with Crippen LogP contribution in [-0.2, 0) is 0 Å². The molecule has 1 aromatic carbocycles. The minimum Gasteiger partial charge on any atom is -0.369 e. The van der Waals surface area contributed by atoms with Gasteiger partial charge in [-0.3, -0.25) is 10.8 Å². The van der Waals surface area contributed by atoms with E-state index in [2.05, 4.69) is 10.4 Å². The number of guanidine groups is 1. The van der Waals surface area contributed by atoms with Crippen molar-refractivity contribution in [2.75, 3.05) is 5.43 Å². The molecule has 0 amide bonds. The summed E-state index contributed by atoms with van der Waals surface area (Å²) < 4.78 is 1.61. The SMILES string of the molecule is N=C(N)Nn1cnc2ccccc21. The Kier molecular flexibility index (Phi) is 1.63. The van der Waals surface area contributed by atoms with Gasteiger partial charge in [0.2, 0.25) is 5.96 Å². The third kappa shape index (κ3) is 1.31. The van der Waals surface area contributed by atoms with Gasteiger partial charge in [0.15, 0.2) is 0 Å². The van der Waals surface area contributed by atoms with Crippen LogP contribution in [0.15, 0.2) is 30.6 Å². The van der Waals surface area contributed by atoms with Crippen molar-refractivity contribution in [1.29, 1.82) is 5.41 Å². The van der Waals surface area contributed by atoms with Crippen molar-refractivity contribution in [3.05, 3.63) is 30.6 Å². The Bertz CT molecular complexity index is 444. The molecule has 66 valence electrons. The predicted molar refractivity (Wildman–Crippen MR) is 51.0 cm³/mol. The number of nitrogens with one attached hydrogen (secondary N) is 2. The van der Waals surface area contributed by atoms with Gasteiger partial charge in [0.05, 0.1) is 11.0 Å². The van der Waals surface area contributed by atoms with Crippen LogP contribution in [-0.4, -0.2) is 15.6 Å². The molecule has 0 fully saturated rings. The third-order valence-corrected chi connectivity index (χ3v) is 1.69. The van der Waals surface area contributed by atoms with Crippen LogP contribution < -0.4 is 11.2 Å². The van der Waals surface area contributed by atoms with Crippen molar-refractivity contribution in [2.24, 2.45) is 5.73 Å². The van der Waals surface area contributed by atoms with Gasteiger partial charge in [0.25, 0.3) is 0 Å². The Morgan fingerprint density at radius 2 is 2.23 bits per heavy atom. The second-order valence-corrected chi connectivity index (χ2v) is 2.63. The molecule has 0 bridgehead atoms. The van der Waals surface area contributed by atoms with Crippen molar-refractivity contribution in [3.63, 3.8) is 0 Å². The van der Waals surface area contributed by atoms with Gasteiger partial charge in [0.1, 0.15) is 6.33 Å². The molecule has 0 atom stereocenters. The van der Waals surface area contributed by atoms with Crippen molar-refractivity contribution < 1.29 is 0 Å². The lowest BCUT2D eigenvalue weighted by Crippen LogP contribution is -2.28. The number of nitrogens with two attached hydrogens (primary N) is 1. The number of rotatable bonds is 1. The van der Waals surface area contributed by atoms with E-state index >= 15 is 0 Å². The molecule has 13 heavy (non-hydrogen) atoms. The highest BCUT2D eigenvalue weighted by atomic mass is 15.5. The highest BCUT2D eigenvalue weighted by Gasteiger charge is 1.99. The lowest BCUT2D eigenvalue weighted by atomic mass is 10.3. The number of nitrogens with zero attached hydrogens (tertiary/aromatic N) is 2. The maximum atomic E-state index is 7.06. The minimum absolute atomic E-state index is 0.108. The lowest BCUT2D eigenvalue weighted by molar-refractivity contribution is 0.994. The van der Waals surface area contributed by atoms with E-state index in [1.54, 1.807) is 11.0 Å². The Balaban J connectivity index is 2.51. The molecule has 0 aliphatic rings. The second kappa shape index (κ2) is 2.78. The van der Waals surface area contributed by atoms with Crippen LogP contribution in [0.1, 0.15) is 0 Å². The normalized spacial score (nSPS) is 10.2. The first-order chi connectivity index (χ1) is 6.27. The Hall–Kier alpha value is -2.04. The van der Waals surface area contributed by atoms with Crippen molar-refractivity contribution in [3.8, 4) is 0 Å². The summed E-state index contributed by atoms with van der Waals surface area (Å²) >= 11 is 0. The van der Waals surface area contributed by atoms with Gasteiger partial charge in [-0.05, 0) is 12.1 Å². The highest BCUT2D eigenvalue weighted by molar-refractivity contribution is 5.85. The predicted octanol–water partition coefficient (Wildman–Crippen LogP) is 0.473. The summed E-state index contributed by atoms with van der Waals surface area (Å²) in [6.07, 6.45) is 1.59. The molecular weight excluding hydrogens is 166 g/mol. The van der Waals surface area contributed by atoms with Gasteiger partial charge in [-0.1, -0.05) is 12.1 Å². The number of hydrogen-bond donors (Lipinski definition) is 3. The zero-order valence-corrected chi connectivity index (χ0v) is 6.86. The molecule has 1 heterocycles. The molecule has 0 saturated heterocycles. The van der Waals surface area contributed by atoms with Crippen molar-refractivity contribution in [1.82, 2.24) is 9.66 Å². The molecule has 0 aliphatic heterocycles. The van der Waals surface area contributed by atoms with E-state index < -0.39 is 0 Å². The molecule has 0 unspecified atom stereocenters. The Labute approximate surface area is 74.7 Å². The average Bonchev–Trinajstić information content (AvgIpc) is 2.48. The fourth-order valence-corrected chi connectivity index (χ4v) is 1.18. The molecule has 0 aliphatic carbocycles. The van der Waals surface area contributed by atoms with Crippen LogP contribution in [0.25, 0.3) is 11.0 Å². The highest BCUT2D eigenvalue weighted by Crippen LogP contribution is 2.09. The van der Waals surface area contributed by atoms with E-state index in [1.807, 2.05) is 24.3 Å². The summed E-state index contributed by atoms with van der Waals surface area (Å²) in [5, 5.41) is 7.06. The summed E-state index contributed by atoms with van der Waals surface area (Å²) in [6.45, 7) is 0. The average molecular weight is 175 g/mol. The number of imidazole rings is 1. The summed E-state index contributed by atoms with van der Waals surface area (Å²) in [6, 6.07) is 7.61. The van der Waals surface area contributed by atoms with Gasteiger partial charge >= 0.3 is 0 Å². The van der Waals surface area contributed by atoms with Crippen LogP contribution in [0.3, 0.4) is 0 Å². The molecular formula is C8H9N5. The zero-order valence-electron chi connectivity index (χ0n) is 6.86. The summed E-state index contributed by atoms with van der Waals surface area (Å²) in [4.78, 5) is 4.12. The van der Waals surface area contributed by atoms with Crippen molar-refractivity contribution in [2.45, 2.75) is 0 Å². The topological polar surface area (TPSA) is 79.7 Å². The molecule has 2 rings (SSSR count). The molecule has 2 aromatic rings. The summed E-state index contributed by atoms with van der Waals surface area (Å²) in [5.41, 5.74) is 9.61. The van der Waals surface area contributed by atoms with Gasteiger partial charge in [-0.25, -0.2) is 9.66 Å². The smallest absolute Gasteiger partial charge is 0.205 e. The number of para-hydroxylation sites is 2. The van der Waals surface area contributed by atoms with E-state index in [0.29, 0.717) is 0 Å². The van der Waals surface area contributed by atoms with Crippen LogP contribution in [0, 0.1) is 5.41 Å². The van der Waals surface area contributed by atoms with Crippen LogP contribution in [0.4, 0.5) is 0 Å². The molecule has 5 nitrogen and oxygen atoms in total. The van der Waals surface area contributed by atoms with Crippen molar-refractivity contribution >= 4 is 17.0 Å². The van der Waals surface area contributed by atoms with Gasteiger partial charge in [-0.2, -0.15) is 0 Å². The first-order valence-corrected chi connectivity index (χ1v) is 3.80. The number of fused-ring (bicyclic) bond motifs is 1. The number of hydrogen-bond acceptors (Lipinski definition) is 2. The molecule has 4 N–H and O–H groups in total. The van der Waals surface area contributed by atoms with E-state index in [1.165, 1.54) is 0 Å². The maximum Gasteiger partial charge on any atom is 0.205 e. The van der Waals surface area contributed by atoms with E-state index in [-0.39, 0.29) is 5.96 Å². The Morgan fingerprint density at radius 3 is 3.00 bits per heavy atom. The lowest BCUT2D eigenvalue weighted by Gasteiger charge is -2.04. The van der Waals surface area contributed by atoms with Crippen LogP contribution in [0.5, 0.6) is 0 Å². The van der Waals surface area contributed by atoms with Gasteiger partial charge < -0.3 is 5.73 Å². The number of benzene rings is 1. The Morgan fingerprint density at radius 1 is 1.46 bits per heavy atom. The quantitative estimate of drug-likeness (QED) is 0.435. The van der Waals surface area contributed by atoms with Crippen LogP contribution >= 0.6 is 0 Å². The minimum atomic E-state index is -0.108. The van der Waals surface area contributed by atoms with Gasteiger partial charge in [0, 0.05) is 0 Å². The first-order valence-electron chi connectivity index (χ1n) is 3.80. The fourth-order valence-electron chi connectivity index (χ4n) is 1.18. The zero-order chi connectivity index (χ0) is 9.26. The number of aromatic nitrogens is 2. The second-order valence-electron chi connectivity index (χ2n) is 2.63. The monoisotopic (exact) mass is 175 g/mol. The van der Waals surface area contributed by atoms with E-state index in [9.17, 15) is 0 Å². The van der Waals surface area contributed by atoms with Gasteiger partial charge in [-0.15, -0.1) is 0 Å². The maximum absolute atomic E-state index is 7.06. The fraction of sp³-hybridized carbons (Fsp3) is 0. The molecule has 0 spiro atoms. The van der Waals surface area contributed by atoms with E-state index in [0.717, 1.165) is 11.0 Å². The summed E-state index contributed by atoms with van der Waals surface area (Å²) in [5.74, 6) is -0.108. The first kappa shape index (κ1) is 7.60. The van der Waals surface area contributed by atoms with Crippen LogP contribution in [0.2, 0.25) is 0 Å². The molecule has 1 aromatic heterocycles. The molecule has 0 saturated carbocycles. The molecule has 5 heteroatoms. The largest absolute Gasteiger partial charge is 0.369 e. The third-order valence-electron chi connectivity index (χ3n) is 1.69.